The molecular formula is C17H29NO. The highest BCUT2D eigenvalue weighted by Crippen LogP contribution is 2.24. The van der Waals surface area contributed by atoms with E-state index in [2.05, 4.69) is 57.3 Å². The van der Waals surface area contributed by atoms with Crippen molar-refractivity contribution in [2.45, 2.75) is 59.1 Å². The molecule has 0 saturated heterocycles. The van der Waals surface area contributed by atoms with Crippen molar-refractivity contribution in [1.82, 2.24) is 5.32 Å². The number of benzene rings is 1. The molecule has 1 aromatic carbocycles. The fraction of sp³-hybridized carbons (Fsp3) is 0.647. The van der Waals surface area contributed by atoms with Crippen LogP contribution in [0.5, 0.6) is 0 Å². The summed E-state index contributed by atoms with van der Waals surface area (Å²) in [7, 11) is 0. The number of hydrogen-bond donors (Lipinski definition) is 1. The normalized spacial score (nSPS) is 14.3. The standard InChI is InChI=1S/C17H29NO/c1-5-10-16(19-8-4)17(18-7-3)15-12-9-11-14(6-2)13-15/h9,11-13,16-18H,5-8,10H2,1-4H3. The van der Waals surface area contributed by atoms with Gasteiger partial charge < -0.3 is 10.1 Å². The Bertz CT molecular complexity index is 345. The lowest BCUT2D eigenvalue weighted by molar-refractivity contribution is 0.0280. The highest BCUT2D eigenvalue weighted by molar-refractivity contribution is 5.27. The highest BCUT2D eigenvalue weighted by Gasteiger charge is 2.22. The van der Waals surface area contributed by atoms with Crippen LogP contribution >= 0.6 is 0 Å². The average molecular weight is 263 g/mol. The second-order valence-electron chi connectivity index (χ2n) is 4.92. The first-order valence-electron chi connectivity index (χ1n) is 7.70. The van der Waals surface area contributed by atoms with Crippen molar-refractivity contribution < 1.29 is 4.74 Å². The van der Waals surface area contributed by atoms with E-state index in [1.165, 1.54) is 11.1 Å². The zero-order chi connectivity index (χ0) is 14.1. The van der Waals surface area contributed by atoms with Gasteiger partial charge in [-0.25, -0.2) is 0 Å². The van der Waals surface area contributed by atoms with Gasteiger partial charge in [0.2, 0.25) is 0 Å². The second kappa shape index (κ2) is 9.11. The van der Waals surface area contributed by atoms with Gasteiger partial charge >= 0.3 is 0 Å². The maximum atomic E-state index is 5.96. The monoisotopic (exact) mass is 263 g/mol. The summed E-state index contributed by atoms with van der Waals surface area (Å²) >= 11 is 0. The van der Waals surface area contributed by atoms with Gasteiger partial charge in [-0.05, 0) is 37.4 Å². The molecule has 1 aromatic rings. The Morgan fingerprint density at radius 1 is 1.16 bits per heavy atom. The third kappa shape index (κ3) is 4.96. The Balaban J connectivity index is 2.94. The van der Waals surface area contributed by atoms with Crippen molar-refractivity contribution in [3.8, 4) is 0 Å². The van der Waals surface area contributed by atoms with E-state index in [0.29, 0.717) is 6.04 Å². The van der Waals surface area contributed by atoms with Crippen molar-refractivity contribution in [3.63, 3.8) is 0 Å². The molecule has 0 bridgehead atoms. The predicted octanol–water partition coefficient (Wildman–Crippen LogP) is 4.10. The number of hydrogen-bond acceptors (Lipinski definition) is 2. The molecule has 0 heterocycles. The summed E-state index contributed by atoms with van der Waals surface area (Å²) in [5.74, 6) is 0. The van der Waals surface area contributed by atoms with E-state index >= 15 is 0 Å². The first-order valence-corrected chi connectivity index (χ1v) is 7.70. The van der Waals surface area contributed by atoms with E-state index in [1.54, 1.807) is 0 Å². The summed E-state index contributed by atoms with van der Waals surface area (Å²) in [5.41, 5.74) is 2.75. The van der Waals surface area contributed by atoms with Gasteiger partial charge in [-0.1, -0.05) is 51.5 Å². The Labute approximate surface area is 118 Å². The first kappa shape index (κ1) is 16.2. The van der Waals surface area contributed by atoms with Crippen molar-refractivity contribution in [2.75, 3.05) is 13.2 Å². The molecule has 0 fully saturated rings. The summed E-state index contributed by atoms with van der Waals surface area (Å²) in [6.07, 6.45) is 3.60. The Morgan fingerprint density at radius 3 is 2.53 bits per heavy atom. The van der Waals surface area contributed by atoms with Gasteiger partial charge in [0, 0.05) is 6.61 Å². The van der Waals surface area contributed by atoms with E-state index in [-0.39, 0.29) is 6.10 Å². The lowest BCUT2D eigenvalue weighted by atomic mass is 9.96. The molecule has 0 saturated carbocycles. The minimum Gasteiger partial charge on any atom is -0.377 e. The van der Waals surface area contributed by atoms with Gasteiger partial charge in [0.15, 0.2) is 0 Å². The number of ether oxygens (including phenoxy) is 1. The van der Waals surface area contributed by atoms with Crippen molar-refractivity contribution >= 4 is 0 Å². The number of rotatable bonds is 9. The van der Waals surface area contributed by atoms with E-state index < -0.39 is 0 Å². The maximum Gasteiger partial charge on any atom is 0.0769 e. The number of aryl methyl sites for hydroxylation is 1. The minimum atomic E-state index is 0.266. The van der Waals surface area contributed by atoms with Crippen LogP contribution in [-0.4, -0.2) is 19.3 Å². The third-order valence-electron chi connectivity index (χ3n) is 3.47. The molecule has 108 valence electrons. The average Bonchev–Trinajstić information content (AvgIpc) is 2.45. The van der Waals surface area contributed by atoms with Crippen LogP contribution in [0.2, 0.25) is 0 Å². The molecule has 0 radical (unpaired) electrons. The molecule has 1 N–H and O–H groups in total. The van der Waals surface area contributed by atoms with Crippen molar-refractivity contribution in [3.05, 3.63) is 35.4 Å². The van der Waals surface area contributed by atoms with E-state index in [4.69, 9.17) is 4.74 Å². The van der Waals surface area contributed by atoms with Crippen LogP contribution in [0.25, 0.3) is 0 Å². The summed E-state index contributed by atoms with van der Waals surface area (Å²) in [5, 5.41) is 3.59. The van der Waals surface area contributed by atoms with E-state index in [0.717, 1.165) is 32.4 Å². The molecule has 1 rings (SSSR count). The van der Waals surface area contributed by atoms with E-state index in [9.17, 15) is 0 Å². The summed E-state index contributed by atoms with van der Waals surface area (Å²) in [6.45, 7) is 10.4. The molecule has 0 amide bonds. The Morgan fingerprint density at radius 2 is 1.95 bits per heavy atom. The molecule has 2 unspecified atom stereocenters. The second-order valence-corrected chi connectivity index (χ2v) is 4.92. The topological polar surface area (TPSA) is 21.3 Å². The number of likely N-dealkylation sites (N-methyl/N-ethyl adjacent to an activating group) is 1. The minimum absolute atomic E-state index is 0.266. The highest BCUT2D eigenvalue weighted by atomic mass is 16.5. The van der Waals surface area contributed by atoms with Crippen molar-refractivity contribution in [2.24, 2.45) is 0 Å². The molecule has 0 aliphatic carbocycles. The lowest BCUT2D eigenvalue weighted by Crippen LogP contribution is -2.34. The SMILES string of the molecule is CCCC(OCC)C(NCC)c1cccc(CC)c1. The zero-order valence-corrected chi connectivity index (χ0v) is 12.9. The smallest absolute Gasteiger partial charge is 0.0769 e. The van der Waals surface area contributed by atoms with E-state index in [1.807, 2.05) is 0 Å². The van der Waals surface area contributed by atoms with Crippen LogP contribution in [-0.2, 0) is 11.2 Å². The van der Waals surface area contributed by atoms with Gasteiger partial charge in [-0.2, -0.15) is 0 Å². The largest absolute Gasteiger partial charge is 0.377 e. The molecule has 2 atom stereocenters. The van der Waals surface area contributed by atoms with Crippen LogP contribution < -0.4 is 5.32 Å². The van der Waals surface area contributed by atoms with Gasteiger partial charge in [0.05, 0.1) is 12.1 Å². The fourth-order valence-electron chi connectivity index (χ4n) is 2.54. The van der Waals surface area contributed by atoms with Gasteiger partial charge in [0.25, 0.3) is 0 Å². The zero-order valence-electron chi connectivity index (χ0n) is 12.9. The summed E-state index contributed by atoms with van der Waals surface area (Å²) < 4.78 is 5.96. The Hall–Kier alpha value is -0.860. The molecule has 19 heavy (non-hydrogen) atoms. The maximum absolute atomic E-state index is 5.96. The lowest BCUT2D eigenvalue weighted by Gasteiger charge is -2.28. The Kier molecular flexibility index (Phi) is 7.76. The number of nitrogens with one attached hydrogen (secondary N) is 1. The van der Waals surface area contributed by atoms with Crippen molar-refractivity contribution in [1.29, 1.82) is 0 Å². The summed E-state index contributed by atoms with van der Waals surface area (Å²) in [6, 6.07) is 9.19. The molecule has 0 spiro atoms. The summed E-state index contributed by atoms with van der Waals surface area (Å²) in [4.78, 5) is 0. The fourth-order valence-corrected chi connectivity index (χ4v) is 2.54. The van der Waals surface area contributed by atoms with Crippen LogP contribution in [0.3, 0.4) is 0 Å². The van der Waals surface area contributed by atoms with Crippen LogP contribution in [0, 0.1) is 0 Å². The van der Waals surface area contributed by atoms with Crippen LogP contribution in [0.1, 0.15) is 57.7 Å². The predicted molar refractivity (Wildman–Crippen MR) is 82.6 cm³/mol. The molecule has 2 nitrogen and oxygen atoms in total. The third-order valence-corrected chi connectivity index (χ3v) is 3.47. The van der Waals surface area contributed by atoms with Gasteiger partial charge in [-0.3, -0.25) is 0 Å². The van der Waals surface area contributed by atoms with Gasteiger partial charge in [-0.15, -0.1) is 0 Å². The van der Waals surface area contributed by atoms with Crippen LogP contribution in [0.15, 0.2) is 24.3 Å². The quantitative estimate of drug-likeness (QED) is 0.724. The molecular weight excluding hydrogens is 234 g/mol. The van der Waals surface area contributed by atoms with Crippen LogP contribution in [0.4, 0.5) is 0 Å². The molecule has 2 heteroatoms. The molecule has 0 aliphatic heterocycles. The molecule has 0 aromatic heterocycles. The molecule has 0 aliphatic rings. The first-order chi connectivity index (χ1) is 9.26. The van der Waals surface area contributed by atoms with Gasteiger partial charge in [0.1, 0.15) is 0 Å².